The molecule has 0 unspecified atom stereocenters. The fraction of sp³-hybridized carbons (Fsp3) is 0.929. The summed E-state index contributed by atoms with van der Waals surface area (Å²) in [5, 5.41) is 3.05. The predicted molar refractivity (Wildman–Crippen MR) is 69.8 cm³/mol. The Morgan fingerprint density at radius 1 is 1.29 bits per heavy atom. The molecule has 1 N–H and O–H groups in total. The van der Waals surface area contributed by atoms with Gasteiger partial charge < -0.3 is 10.1 Å². The molecule has 0 saturated heterocycles. The maximum Gasteiger partial charge on any atom is 0.246 e. The topological polar surface area (TPSA) is 38.3 Å². The molecule has 1 saturated carbocycles. The van der Waals surface area contributed by atoms with Crippen molar-refractivity contribution in [1.82, 2.24) is 5.32 Å². The number of amides is 1. The standard InChI is InChI=1S/C14H27NO2/c1-5-14(2,3)11-6-8-12(9-7-11)15-13(16)10-17-4/h11-12H,5-10H2,1-4H3,(H,15,16). The summed E-state index contributed by atoms with van der Waals surface area (Å²) in [6.07, 6.45) is 5.93. The second-order valence-corrected chi connectivity index (χ2v) is 5.89. The van der Waals surface area contributed by atoms with Crippen LogP contribution < -0.4 is 5.32 Å². The lowest BCUT2D eigenvalue weighted by atomic mass is 9.69. The Labute approximate surface area is 105 Å². The minimum absolute atomic E-state index is 0.0192. The average molecular weight is 241 g/mol. The van der Waals surface area contributed by atoms with Crippen molar-refractivity contribution >= 4 is 5.91 Å². The van der Waals surface area contributed by atoms with Gasteiger partial charge in [-0.1, -0.05) is 27.2 Å². The Hall–Kier alpha value is -0.570. The van der Waals surface area contributed by atoms with Crippen LogP contribution in [-0.4, -0.2) is 25.7 Å². The third-order valence-corrected chi connectivity index (χ3v) is 4.38. The van der Waals surface area contributed by atoms with Gasteiger partial charge in [0.2, 0.25) is 5.91 Å². The van der Waals surface area contributed by atoms with Crippen LogP contribution in [0.5, 0.6) is 0 Å². The zero-order valence-electron chi connectivity index (χ0n) is 11.7. The maximum atomic E-state index is 11.4. The summed E-state index contributed by atoms with van der Waals surface area (Å²) in [5.74, 6) is 0.828. The molecule has 1 amide bonds. The summed E-state index contributed by atoms with van der Waals surface area (Å²) >= 11 is 0. The molecule has 3 nitrogen and oxygen atoms in total. The van der Waals surface area contributed by atoms with Gasteiger partial charge >= 0.3 is 0 Å². The molecule has 17 heavy (non-hydrogen) atoms. The lowest BCUT2D eigenvalue weighted by Gasteiger charge is -2.39. The van der Waals surface area contributed by atoms with E-state index in [0.717, 1.165) is 18.8 Å². The van der Waals surface area contributed by atoms with Crippen LogP contribution in [-0.2, 0) is 9.53 Å². The fourth-order valence-corrected chi connectivity index (χ4v) is 2.71. The average Bonchev–Trinajstić information content (AvgIpc) is 2.30. The third kappa shape index (κ3) is 4.30. The van der Waals surface area contributed by atoms with Crippen molar-refractivity contribution < 1.29 is 9.53 Å². The Balaban J connectivity index is 2.33. The SMILES string of the molecule is CCC(C)(C)C1CCC(NC(=O)COC)CC1. The number of nitrogens with one attached hydrogen (secondary N) is 1. The Kier molecular flexibility index (Phi) is 5.44. The van der Waals surface area contributed by atoms with Crippen molar-refractivity contribution in [2.75, 3.05) is 13.7 Å². The minimum Gasteiger partial charge on any atom is -0.375 e. The van der Waals surface area contributed by atoms with E-state index in [2.05, 4.69) is 26.1 Å². The predicted octanol–water partition coefficient (Wildman–Crippen LogP) is 2.74. The van der Waals surface area contributed by atoms with Crippen LogP contribution in [0.15, 0.2) is 0 Å². The number of carbonyl (C=O) groups is 1. The molecule has 1 rings (SSSR count). The Morgan fingerprint density at radius 2 is 1.88 bits per heavy atom. The molecule has 0 aromatic heterocycles. The molecule has 1 aliphatic carbocycles. The number of hydrogen-bond acceptors (Lipinski definition) is 2. The van der Waals surface area contributed by atoms with Gasteiger partial charge in [-0.15, -0.1) is 0 Å². The molecule has 3 heteroatoms. The van der Waals surface area contributed by atoms with E-state index in [1.807, 2.05) is 0 Å². The van der Waals surface area contributed by atoms with Crippen molar-refractivity contribution in [2.24, 2.45) is 11.3 Å². The van der Waals surface area contributed by atoms with Gasteiger partial charge in [0, 0.05) is 13.2 Å². The number of carbonyl (C=O) groups excluding carboxylic acids is 1. The first kappa shape index (κ1) is 14.5. The summed E-state index contributed by atoms with van der Waals surface area (Å²) in [6.45, 7) is 7.18. The van der Waals surface area contributed by atoms with Crippen LogP contribution in [0.25, 0.3) is 0 Å². The molecule has 100 valence electrons. The lowest BCUT2D eigenvalue weighted by molar-refractivity contribution is -0.125. The molecule has 0 heterocycles. The molecule has 0 radical (unpaired) electrons. The van der Waals surface area contributed by atoms with Crippen molar-refractivity contribution in [2.45, 2.75) is 58.9 Å². The van der Waals surface area contributed by atoms with Gasteiger partial charge in [0.1, 0.15) is 6.61 Å². The first-order chi connectivity index (χ1) is 7.99. The van der Waals surface area contributed by atoms with Crippen LogP contribution in [0, 0.1) is 11.3 Å². The van der Waals surface area contributed by atoms with Crippen LogP contribution >= 0.6 is 0 Å². The largest absolute Gasteiger partial charge is 0.375 e. The monoisotopic (exact) mass is 241 g/mol. The van der Waals surface area contributed by atoms with Gasteiger partial charge in [-0.25, -0.2) is 0 Å². The van der Waals surface area contributed by atoms with Crippen molar-refractivity contribution in [1.29, 1.82) is 0 Å². The van der Waals surface area contributed by atoms with E-state index < -0.39 is 0 Å². The minimum atomic E-state index is 0.0192. The third-order valence-electron chi connectivity index (χ3n) is 4.38. The molecular weight excluding hydrogens is 214 g/mol. The fourth-order valence-electron chi connectivity index (χ4n) is 2.71. The van der Waals surface area contributed by atoms with Gasteiger partial charge in [0.15, 0.2) is 0 Å². The normalized spacial score (nSPS) is 25.6. The number of ether oxygens (including phenoxy) is 1. The van der Waals surface area contributed by atoms with E-state index >= 15 is 0 Å². The number of hydrogen-bond donors (Lipinski definition) is 1. The summed E-state index contributed by atoms with van der Waals surface area (Å²) in [6, 6.07) is 0.363. The zero-order valence-corrected chi connectivity index (χ0v) is 11.7. The summed E-state index contributed by atoms with van der Waals surface area (Å²) in [7, 11) is 1.56. The van der Waals surface area contributed by atoms with Crippen LogP contribution in [0.3, 0.4) is 0 Å². The van der Waals surface area contributed by atoms with Gasteiger partial charge in [-0.2, -0.15) is 0 Å². The molecule has 0 aromatic rings. The number of methoxy groups -OCH3 is 1. The first-order valence-corrected chi connectivity index (χ1v) is 6.78. The molecule has 1 aliphatic rings. The Bertz CT molecular complexity index is 243. The van der Waals surface area contributed by atoms with Crippen molar-refractivity contribution in [3.63, 3.8) is 0 Å². The number of rotatable bonds is 5. The molecule has 0 atom stereocenters. The summed E-state index contributed by atoms with van der Waals surface area (Å²) < 4.78 is 4.83. The molecule has 0 bridgehead atoms. The maximum absolute atomic E-state index is 11.4. The lowest BCUT2D eigenvalue weighted by Crippen LogP contribution is -2.41. The highest BCUT2D eigenvalue weighted by Crippen LogP contribution is 2.40. The van der Waals surface area contributed by atoms with Crippen LogP contribution in [0.2, 0.25) is 0 Å². The van der Waals surface area contributed by atoms with E-state index in [1.54, 1.807) is 7.11 Å². The highest BCUT2D eigenvalue weighted by Gasteiger charge is 2.31. The van der Waals surface area contributed by atoms with Crippen molar-refractivity contribution in [3.05, 3.63) is 0 Å². The molecule has 0 spiro atoms. The molecule has 1 fully saturated rings. The van der Waals surface area contributed by atoms with Gasteiger partial charge in [0.25, 0.3) is 0 Å². The highest BCUT2D eigenvalue weighted by atomic mass is 16.5. The summed E-state index contributed by atoms with van der Waals surface area (Å²) in [5.41, 5.74) is 0.446. The quantitative estimate of drug-likeness (QED) is 0.803. The smallest absolute Gasteiger partial charge is 0.246 e. The van der Waals surface area contributed by atoms with E-state index in [-0.39, 0.29) is 12.5 Å². The molecule has 0 aromatic carbocycles. The zero-order chi connectivity index (χ0) is 12.9. The summed E-state index contributed by atoms with van der Waals surface area (Å²) in [4.78, 5) is 11.4. The molecular formula is C14H27NO2. The second-order valence-electron chi connectivity index (χ2n) is 5.89. The van der Waals surface area contributed by atoms with E-state index in [1.165, 1.54) is 19.3 Å². The first-order valence-electron chi connectivity index (χ1n) is 6.78. The van der Waals surface area contributed by atoms with Gasteiger partial charge in [-0.3, -0.25) is 4.79 Å². The Morgan fingerprint density at radius 3 is 2.35 bits per heavy atom. The van der Waals surface area contributed by atoms with Gasteiger partial charge in [-0.05, 0) is 37.0 Å². The van der Waals surface area contributed by atoms with E-state index in [0.29, 0.717) is 11.5 Å². The molecule has 0 aliphatic heterocycles. The van der Waals surface area contributed by atoms with E-state index in [9.17, 15) is 4.79 Å². The van der Waals surface area contributed by atoms with Crippen molar-refractivity contribution in [3.8, 4) is 0 Å². The van der Waals surface area contributed by atoms with Crippen LogP contribution in [0.1, 0.15) is 52.9 Å². The van der Waals surface area contributed by atoms with E-state index in [4.69, 9.17) is 4.74 Å². The second kappa shape index (κ2) is 6.39. The van der Waals surface area contributed by atoms with Gasteiger partial charge in [0.05, 0.1) is 0 Å². The van der Waals surface area contributed by atoms with Crippen LogP contribution in [0.4, 0.5) is 0 Å². The highest BCUT2D eigenvalue weighted by molar-refractivity contribution is 5.77.